The summed E-state index contributed by atoms with van der Waals surface area (Å²) < 4.78 is 21.6. The smallest absolute Gasteiger partial charge is 0.230 e. The maximum atomic E-state index is 14.9. The molecule has 0 bridgehead atoms. The number of carbonyl (C=O) groups is 1. The fraction of sp³-hybridized carbons (Fsp3) is 0.0769. The number of ether oxygens (including phenoxy) is 1. The predicted octanol–water partition coefficient (Wildman–Crippen LogP) is 5.98. The third-order valence-electron chi connectivity index (χ3n) is 5.18. The summed E-state index contributed by atoms with van der Waals surface area (Å²) in [6, 6.07) is 17.3. The van der Waals surface area contributed by atoms with Crippen LogP contribution in [0.4, 0.5) is 10.1 Å². The molecule has 10 heteroatoms. The lowest BCUT2D eigenvalue weighted by molar-refractivity contribution is -0.119. The second-order valence-corrected chi connectivity index (χ2v) is 9.42. The van der Waals surface area contributed by atoms with Gasteiger partial charge >= 0.3 is 0 Å². The van der Waals surface area contributed by atoms with Gasteiger partial charge in [0.05, 0.1) is 21.5 Å². The molecule has 0 radical (unpaired) electrons. The lowest BCUT2D eigenvalue weighted by Crippen LogP contribution is -2.35. The maximum Gasteiger partial charge on any atom is 0.230 e. The van der Waals surface area contributed by atoms with Crippen molar-refractivity contribution in [1.82, 2.24) is 20.3 Å². The van der Waals surface area contributed by atoms with E-state index in [4.69, 9.17) is 17.0 Å². The van der Waals surface area contributed by atoms with Crippen molar-refractivity contribution in [3.05, 3.63) is 90.1 Å². The normalized spacial score (nSPS) is 10.8. The summed E-state index contributed by atoms with van der Waals surface area (Å²) in [5, 5.41) is 5.51. The molecule has 3 N–H and O–H groups in total. The number of rotatable bonds is 6. The first-order chi connectivity index (χ1) is 17.4. The number of aromatic amines is 1. The number of nitrogens with one attached hydrogen (secondary N) is 3. The number of anilines is 1. The number of imidazole rings is 1. The van der Waals surface area contributed by atoms with Gasteiger partial charge < -0.3 is 20.4 Å². The molecule has 5 rings (SSSR count). The molecule has 0 atom stereocenters. The molecule has 0 unspecified atom stereocenters. The Labute approximate surface area is 215 Å². The molecule has 180 valence electrons. The largest absolute Gasteiger partial charge is 0.453 e. The highest BCUT2D eigenvalue weighted by Crippen LogP contribution is 2.39. The van der Waals surface area contributed by atoms with Gasteiger partial charge in [-0.25, -0.2) is 9.37 Å². The highest BCUT2D eigenvalue weighted by molar-refractivity contribution is 7.80. The molecule has 0 fully saturated rings. The topological polar surface area (TPSA) is 91.9 Å². The van der Waals surface area contributed by atoms with Crippen LogP contribution in [0.1, 0.15) is 11.3 Å². The summed E-state index contributed by atoms with van der Waals surface area (Å²) in [4.78, 5) is 25.1. The fourth-order valence-corrected chi connectivity index (χ4v) is 4.79. The molecular formula is C26H20FN5O2S2. The molecule has 1 amide bonds. The monoisotopic (exact) mass is 517 g/mol. The number of benzene rings is 2. The number of aryl methyl sites for hydroxylation is 1. The number of thiocarbonyl (C=S) groups is 1. The van der Waals surface area contributed by atoms with Gasteiger partial charge in [-0.3, -0.25) is 9.78 Å². The summed E-state index contributed by atoms with van der Waals surface area (Å²) >= 11 is 6.66. The van der Waals surface area contributed by atoms with Crippen molar-refractivity contribution in [2.45, 2.75) is 13.3 Å². The molecule has 3 aromatic heterocycles. The molecule has 0 saturated carbocycles. The standard InChI is InChI=1S/C26H20FN5O2S2/c1-15-14-29-25(30-15)22-13-19-24(36-22)21(9-10-28-19)34-20-8-7-17(12-18(20)27)31-26(35)32-23(33)11-16-5-3-2-4-6-16/h2-10,12-14H,11H2,1H3,(H,29,30)(H2,31,32,33,35). The molecule has 0 spiro atoms. The van der Waals surface area contributed by atoms with E-state index in [-0.39, 0.29) is 23.2 Å². The first kappa shape index (κ1) is 23.6. The zero-order chi connectivity index (χ0) is 25.1. The number of nitrogens with zero attached hydrogens (tertiary/aromatic N) is 2. The third kappa shape index (κ3) is 5.40. The van der Waals surface area contributed by atoms with Crippen LogP contribution >= 0.6 is 23.6 Å². The number of hydrogen-bond acceptors (Lipinski definition) is 6. The fourth-order valence-electron chi connectivity index (χ4n) is 3.54. The molecular weight excluding hydrogens is 497 g/mol. The highest BCUT2D eigenvalue weighted by Gasteiger charge is 2.15. The van der Waals surface area contributed by atoms with Gasteiger partial charge in [-0.15, -0.1) is 11.3 Å². The summed E-state index contributed by atoms with van der Waals surface area (Å²) in [5.41, 5.74) is 2.94. The number of halogens is 1. The van der Waals surface area contributed by atoms with E-state index in [1.807, 2.05) is 43.3 Å². The molecule has 3 heterocycles. The minimum absolute atomic E-state index is 0.0517. The summed E-state index contributed by atoms with van der Waals surface area (Å²) in [5.74, 6) is 0.441. The van der Waals surface area contributed by atoms with Crippen molar-refractivity contribution in [1.29, 1.82) is 0 Å². The van der Waals surface area contributed by atoms with E-state index >= 15 is 0 Å². The number of hydrogen-bond donors (Lipinski definition) is 3. The van der Waals surface area contributed by atoms with Gasteiger partial charge in [-0.2, -0.15) is 0 Å². The van der Waals surface area contributed by atoms with E-state index in [1.54, 1.807) is 24.5 Å². The minimum Gasteiger partial charge on any atom is -0.453 e. The Bertz CT molecular complexity index is 1570. The maximum absolute atomic E-state index is 14.9. The number of amides is 1. The van der Waals surface area contributed by atoms with Gasteiger partial charge in [0.25, 0.3) is 0 Å². The molecule has 0 aliphatic carbocycles. The Morgan fingerprint density at radius 1 is 1.11 bits per heavy atom. The van der Waals surface area contributed by atoms with Crippen LogP contribution in [-0.2, 0) is 11.2 Å². The quantitative estimate of drug-likeness (QED) is 0.240. The lowest BCUT2D eigenvalue weighted by atomic mass is 10.1. The molecule has 0 aliphatic rings. The number of pyridine rings is 1. The highest BCUT2D eigenvalue weighted by atomic mass is 32.1. The van der Waals surface area contributed by atoms with Gasteiger partial charge in [0, 0.05) is 35.9 Å². The molecule has 0 aliphatic heterocycles. The van der Waals surface area contributed by atoms with Crippen molar-refractivity contribution in [3.63, 3.8) is 0 Å². The SMILES string of the molecule is Cc1cnc(-c2cc3nccc(Oc4ccc(NC(=S)NC(=O)Cc5ccccc5)cc4F)c3s2)[nH]1. The molecule has 7 nitrogen and oxygen atoms in total. The van der Waals surface area contributed by atoms with Crippen LogP contribution in [-0.4, -0.2) is 26.0 Å². The van der Waals surface area contributed by atoms with Crippen LogP contribution in [0.15, 0.2) is 73.1 Å². The first-order valence-electron chi connectivity index (χ1n) is 11.0. The van der Waals surface area contributed by atoms with Crippen molar-refractivity contribution in [2.75, 3.05) is 5.32 Å². The molecule has 0 saturated heterocycles. The summed E-state index contributed by atoms with van der Waals surface area (Å²) in [7, 11) is 0. The third-order valence-corrected chi connectivity index (χ3v) is 6.53. The van der Waals surface area contributed by atoms with E-state index in [0.717, 1.165) is 32.2 Å². The Morgan fingerprint density at radius 2 is 1.94 bits per heavy atom. The Morgan fingerprint density at radius 3 is 2.69 bits per heavy atom. The predicted molar refractivity (Wildman–Crippen MR) is 143 cm³/mol. The number of thiophene rings is 1. The molecule has 2 aromatic carbocycles. The zero-order valence-corrected chi connectivity index (χ0v) is 20.7. The van der Waals surface area contributed by atoms with E-state index in [2.05, 4.69) is 25.6 Å². The van der Waals surface area contributed by atoms with Gasteiger partial charge in [-0.1, -0.05) is 30.3 Å². The average Bonchev–Trinajstić information content (AvgIpc) is 3.48. The van der Waals surface area contributed by atoms with Crippen molar-refractivity contribution >= 4 is 50.5 Å². The van der Waals surface area contributed by atoms with E-state index in [0.29, 0.717) is 11.4 Å². The van der Waals surface area contributed by atoms with Crippen LogP contribution in [0.5, 0.6) is 11.5 Å². The van der Waals surface area contributed by atoms with Crippen molar-refractivity contribution in [2.24, 2.45) is 0 Å². The lowest BCUT2D eigenvalue weighted by Gasteiger charge is -2.12. The Kier molecular flexibility index (Phi) is 6.70. The number of aromatic nitrogens is 3. The van der Waals surface area contributed by atoms with Gasteiger partial charge in [0.1, 0.15) is 11.6 Å². The van der Waals surface area contributed by atoms with Crippen LogP contribution in [0.25, 0.3) is 20.9 Å². The van der Waals surface area contributed by atoms with E-state index in [1.165, 1.54) is 23.5 Å². The van der Waals surface area contributed by atoms with Crippen LogP contribution in [0.2, 0.25) is 0 Å². The average molecular weight is 518 g/mol. The summed E-state index contributed by atoms with van der Waals surface area (Å²) in [6.07, 6.45) is 3.57. The first-order valence-corrected chi connectivity index (χ1v) is 12.2. The van der Waals surface area contributed by atoms with Crippen molar-refractivity contribution in [3.8, 4) is 22.2 Å². The number of carbonyl (C=O) groups excluding carboxylic acids is 1. The number of H-pyrrole nitrogens is 1. The van der Waals surface area contributed by atoms with E-state index in [9.17, 15) is 9.18 Å². The van der Waals surface area contributed by atoms with E-state index < -0.39 is 5.82 Å². The van der Waals surface area contributed by atoms with Gasteiger partial charge in [-0.05, 0) is 42.9 Å². The van der Waals surface area contributed by atoms with Gasteiger partial charge in [0.15, 0.2) is 16.7 Å². The van der Waals surface area contributed by atoms with Crippen molar-refractivity contribution < 1.29 is 13.9 Å². The second kappa shape index (κ2) is 10.2. The molecule has 36 heavy (non-hydrogen) atoms. The number of fused-ring (bicyclic) bond motifs is 1. The second-order valence-electron chi connectivity index (χ2n) is 7.96. The van der Waals surface area contributed by atoms with Crippen LogP contribution < -0.4 is 15.4 Å². The van der Waals surface area contributed by atoms with Crippen LogP contribution in [0, 0.1) is 12.7 Å². The minimum atomic E-state index is -0.582. The molecule has 5 aromatic rings. The Balaban J connectivity index is 1.26. The Hall–Kier alpha value is -4.15. The summed E-state index contributed by atoms with van der Waals surface area (Å²) in [6.45, 7) is 1.93. The zero-order valence-electron chi connectivity index (χ0n) is 19.0. The van der Waals surface area contributed by atoms with Gasteiger partial charge in [0.2, 0.25) is 5.91 Å². The van der Waals surface area contributed by atoms with Crippen LogP contribution in [0.3, 0.4) is 0 Å².